The Balaban J connectivity index is 0.00000220. The lowest BCUT2D eigenvalue weighted by Gasteiger charge is -2.22. The zero-order valence-corrected chi connectivity index (χ0v) is 13.9. The molecule has 3 N–H and O–H groups in total. The molecule has 5 heteroatoms. The molecule has 0 spiro atoms. The number of anilines is 1. The fourth-order valence-electron chi connectivity index (χ4n) is 2.71. The molecule has 0 saturated carbocycles. The summed E-state index contributed by atoms with van der Waals surface area (Å²) in [5.41, 5.74) is 9.20. The molecule has 1 fully saturated rings. The first kappa shape index (κ1) is 18.0. The molecule has 118 valence electrons. The van der Waals surface area contributed by atoms with Crippen LogP contribution in [-0.2, 0) is 4.79 Å². The van der Waals surface area contributed by atoms with Gasteiger partial charge in [-0.05, 0) is 56.0 Å². The maximum atomic E-state index is 12.1. The summed E-state index contributed by atoms with van der Waals surface area (Å²) >= 11 is 0. The molecular formula is C16H26ClN3O. The van der Waals surface area contributed by atoms with Crippen molar-refractivity contribution in [1.82, 2.24) is 4.90 Å². The van der Waals surface area contributed by atoms with Gasteiger partial charge in [0.15, 0.2) is 0 Å². The quantitative estimate of drug-likeness (QED) is 0.897. The highest BCUT2D eigenvalue weighted by molar-refractivity contribution is 5.93. The molecule has 1 unspecified atom stereocenters. The second-order valence-corrected chi connectivity index (χ2v) is 6.27. The van der Waals surface area contributed by atoms with Crippen LogP contribution in [0.25, 0.3) is 0 Å². The van der Waals surface area contributed by atoms with E-state index in [9.17, 15) is 4.79 Å². The van der Waals surface area contributed by atoms with Crippen LogP contribution in [0.5, 0.6) is 0 Å². The number of nitrogens with one attached hydrogen (secondary N) is 1. The van der Waals surface area contributed by atoms with Crippen molar-refractivity contribution in [2.75, 3.05) is 31.5 Å². The van der Waals surface area contributed by atoms with Crippen molar-refractivity contribution in [3.63, 3.8) is 0 Å². The molecule has 0 bridgehead atoms. The lowest BCUT2D eigenvalue weighted by molar-refractivity contribution is -0.117. The zero-order valence-electron chi connectivity index (χ0n) is 13.1. The Bertz CT molecular complexity index is 506. The molecule has 0 radical (unpaired) electrons. The minimum Gasteiger partial charge on any atom is -0.330 e. The van der Waals surface area contributed by atoms with Gasteiger partial charge in [-0.25, -0.2) is 0 Å². The van der Waals surface area contributed by atoms with E-state index in [0.717, 1.165) is 30.8 Å². The van der Waals surface area contributed by atoms with Crippen LogP contribution < -0.4 is 11.1 Å². The van der Waals surface area contributed by atoms with Crippen molar-refractivity contribution in [3.05, 3.63) is 29.3 Å². The summed E-state index contributed by atoms with van der Waals surface area (Å²) in [5.74, 6) is 0.0555. The normalized spacial score (nSPS) is 21.9. The van der Waals surface area contributed by atoms with Gasteiger partial charge >= 0.3 is 0 Å². The Labute approximate surface area is 133 Å². The summed E-state index contributed by atoms with van der Waals surface area (Å²) in [4.78, 5) is 14.3. The maximum absolute atomic E-state index is 12.1. The number of halogens is 1. The predicted octanol–water partition coefficient (Wildman–Crippen LogP) is 2.33. The molecule has 0 aromatic heterocycles. The largest absolute Gasteiger partial charge is 0.330 e. The van der Waals surface area contributed by atoms with Gasteiger partial charge in [-0.3, -0.25) is 9.69 Å². The summed E-state index contributed by atoms with van der Waals surface area (Å²) in [7, 11) is 0. The van der Waals surface area contributed by atoms with E-state index in [2.05, 4.69) is 30.1 Å². The van der Waals surface area contributed by atoms with Gasteiger partial charge in [-0.1, -0.05) is 19.1 Å². The SMILES string of the molecule is Cc1cccc(NC(=O)CN2CCC(C)(CN)C2)c1C.Cl. The number of hydrogen-bond acceptors (Lipinski definition) is 3. The van der Waals surface area contributed by atoms with E-state index in [1.165, 1.54) is 5.56 Å². The molecule has 1 atom stereocenters. The van der Waals surface area contributed by atoms with Crippen LogP contribution in [0.2, 0.25) is 0 Å². The summed E-state index contributed by atoms with van der Waals surface area (Å²) < 4.78 is 0. The van der Waals surface area contributed by atoms with Crippen LogP contribution in [0.1, 0.15) is 24.5 Å². The minimum absolute atomic E-state index is 0. The van der Waals surface area contributed by atoms with Crippen molar-refractivity contribution in [3.8, 4) is 0 Å². The highest BCUT2D eigenvalue weighted by atomic mass is 35.5. The van der Waals surface area contributed by atoms with Gasteiger partial charge in [-0.2, -0.15) is 0 Å². The number of aryl methyl sites for hydroxylation is 1. The molecule has 1 amide bonds. The van der Waals surface area contributed by atoms with Crippen LogP contribution in [0.15, 0.2) is 18.2 Å². The first-order valence-electron chi connectivity index (χ1n) is 7.22. The number of nitrogens with two attached hydrogens (primary N) is 1. The highest BCUT2D eigenvalue weighted by Gasteiger charge is 2.33. The number of hydrogen-bond donors (Lipinski definition) is 2. The lowest BCUT2D eigenvalue weighted by Crippen LogP contribution is -2.35. The van der Waals surface area contributed by atoms with E-state index in [1.807, 2.05) is 19.1 Å². The van der Waals surface area contributed by atoms with Gasteiger partial charge in [0.05, 0.1) is 6.54 Å². The second kappa shape index (κ2) is 7.25. The molecule has 1 heterocycles. The number of rotatable bonds is 4. The number of benzene rings is 1. The highest BCUT2D eigenvalue weighted by Crippen LogP contribution is 2.28. The van der Waals surface area contributed by atoms with Crippen LogP contribution in [0, 0.1) is 19.3 Å². The molecule has 1 aromatic rings. The third-order valence-electron chi connectivity index (χ3n) is 4.38. The van der Waals surface area contributed by atoms with E-state index >= 15 is 0 Å². The standard InChI is InChI=1S/C16H25N3O.ClH/c1-12-5-4-6-14(13(12)2)18-15(20)9-19-8-7-16(3,10-17)11-19;/h4-6H,7-11,17H2,1-3H3,(H,18,20);1H. The molecule has 1 aliphatic rings. The molecule has 0 aliphatic carbocycles. The smallest absolute Gasteiger partial charge is 0.238 e. The molecule has 2 rings (SSSR count). The molecule has 1 aliphatic heterocycles. The van der Waals surface area contributed by atoms with E-state index in [1.54, 1.807) is 0 Å². The Kier molecular flexibility index (Phi) is 6.20. The molecule has 1 aromatic carbocycles. The average Bonchev–Trinajstić information content (AvgIpc) is 2.77. The monoisotopic (exact) mass is 311 g/mol. The Morgan fingerprint density at radius 2 is 2.14 bits per heavy atom. The Hall–Kier alpha value is -1.10. The Morgan fingerprint density at radius 3 is 2.76 bits per heavy atom. The zero-order chi connectivity index (χ0) is 14.8. The van der Waals surface area contributed by atoms with Crippen molar-refractivity contribution in [2.45, 2.75) is 27.2 Å². The van der Waals surface area contributed by atoms with Crippen molar-refractivity contribution >= 4 is 24.0 Å². The van der Waals surface area contributed by atoms with E-state index in [0.29, 0.717) is 13.1 Å². The summed E-state index contributed by atoms with van der Waals surface area (Å²) in [6.45, 7) is 9.27. The topological polar surface area (TPSA) is 58.4 Å². The van der Waals surface area contributed by atoms with Gasteiger partial charge in [0, 0.05) is 12.2 Å². The van der Waals surface area contributed by atoms with Gasteiger partial charge < -0.3 is 11.1 Å². The second-order valence-electron chi connectivity index (χ2n) is 6.27. The lowest BCUT2D eigenvalue weighted by atomic mass is 9.90. The van der Waals surface area contributed by atoms with Crippen LogP contribution in [0.4, 0.5) is 5.69 Å². The number of amides is 1. The number of likely N-dealkylation sites (tertiary alicyclic amines) is 1. The van der Waals surface area contributed by atoms with Crippen LogP contribution in [0.3, 0.4) is 0 Å². The average molecular weight is 312 g/mol. The van der Waals surface area contributed by atoms with Crippen molar-refractivity contribution < 1.29 is 4.79 Å². The fourth-order valence-corrected chi connectivity index (χ4v) is 2.71. The summed E-state index contributed by atoms with van der Waals surface area (Å²) in [5, 5.41) is 3.01. The van der Waals surface area contributed by atoms with Gasteiger partial charge in [0.1, 0.15) is 0 Å². The van der Waals surface area contributed by atoms with Crippen molar-refractivity contribution in [1.29, 1.82) is 0 Å². The first-order chi connectivity index (χ1) is 9.43. The summed E-state index contributed by atoms with van der Waals surface area (Å²) in [6, 6.07) is 5.98. The number of carbonyl (C=O) groups is 1. The third kappa shape index (κ3) is 4.43. The van der Waals surface area contributed by atoms with Gasteiger partial charge in [-0.15, -0.1) is 12.4 Å². The maximum Gasteiger partial charge on any atom is 0.238 e. The van der Waals surface area contributed by atoms with Crippen LogP contribution >= 0.6 is 12.4 Å². The number of nitrogens with zero attached hydrogens (tertiary/aromatic N) is 1. The first-order valence-corrected chi connectivity index (χ1v) is 7.22. The predicted molar refractivity (Wildman–Crippen MR) is 90.0 cm³/mol. The third-order valence-corrected chi connectivity index (χ3v) is 4.38. The van der Waals surface area contributed by atoms with E-state index in [4.69, 9.17) is 5.73 Å². The van der Waals surface area contributed by atoms with Gasteiger partial charge in [0.25, 0.3) is 0 Å². The summed E-state index contributed by atoms with van der Waals surface area (Å²) in [6.07, 6.45) is 1.07. The molecular weight excluding hydrogens is 286 g/mol. The van der Waals surface area contributed by atoms with E-state index in [-0.39, 0.29) is 23.7 Å². The van der Waals surface area contributed by atoms with Crippen molar-refractivity contribution in [2.24, 2.45) is 11.1 Å². The fraction of sp³-hybridized carbons (Fsp3) is 0.562. The van der Waals surface area contributed by atoms with E-state index < -0.39 is 0 Å². The molecule has 1 saturated heterocycles. The molecule has 4 nitrogen and oxygen atoms in total. The minimum atomic E-state index is 0. The van der Waals surface area contributed by atoms with Crippen LogP contribution in [-0.4, -0.2) is 37.0 Å². The Morgan fingerprint density at radius 1 is 1.43 bits per heavy atom. The number of carbonyl (C=O) groups excluding carboxylic acids is 1. The molecule has 21 heavy (non-hydrogen) atoms. The van der Waals surface area contributed by atoms with Gasteiger partial charge in [0.2, 0.25) is 5.91 Å².